The van der Waals surface area contributed by atoms with E-state index in [-0.39, 0.29) is 17.6 Å². The Bertz CT molecular complexity index is 1270. The van der Waals surface area contributed by atoms with Crippen LogP contribution in [0.4, 0.5) is 0 Å². The van der Waals surface area contributed by atoms with Gasteiger partial charge in [0.05, 0.1) is 43.1 Å². The Balaban J connectivity index is 1.50. The lowest BCUT2D eigenvalue weighted by molar-refractivity contribution is 0.0972. The quantitative estimate of drug-likeness (QED) is 0.413. The van der Waals surface area contributed by atoms with E-state index >= 15 is 0 Å². The lowest BCUT2D eigenvalue weighted by atomic mass is 9.87. The lowest BCUT2D eigenvalue weighted by Gasteiger charge is -2.27. The molecular weight excluding hydrogens is 472 g/mol. The van der Waals surface area contributed by atoms with Gasteiger partial charge in [0.15, 0.2) is 5.78 Å². The smallest absolute Gasteiger partial charge is 0.163 e. The molecule has 3 aromatic rings. The molecule has 36 heavy (non-hydrogen) atoms. The van der Waals surface area contributed by atoms with Crippen LogP contribution in [-0.2, 0) is 23.0 Å². The van der Waals surface area contributed by atoms with Crippen LogP contribution in [0.3, 0.4) is 0 Å². The van der Waals surface area contributed by atoms with Gasteiger partial charge >= 0.3 is 0 Å². The summed E-state index contributed by atoms with van der Waals surface area (Å²) in [6.45, 7) is 2.30. The molecule has 5 rings (SSSR count). The van der Waals surface area contributed by atoms with Crippen molar-refractivity contribution in [1.29, 1.82) is 0 Å². The fourth-order valence-corrected chi connectivity index (χ4v) is 5.97. The summed E-state index contributed by atoms with van der Waals surface area (Å²) in [5.74, 6) is 1.84. The molecule has 0 aromatic heterocycles. The van der Waals surface area contributed by atoms with Crippen molar-refractivity contribution in [2.75, 3.05) is 26.7 Å². The molecule has 0 radical (unpaired) electrons. The van der Waals surface area contributed by atoms with Crippen LogP contribution < -0.4 is 9.47 Å². The van der Waals surface area contributed by atoms with Gasteiger partial charge in [-0.2, -0.15) is 0 Å². The van der Waals surface area contributed by atoms with Crippen LogP contribution in [0.1, 0.15) is 46.0 Å². The molecular formula is C29H30N2O4S. The van der Waals surface area contributed by atoms with Crippen molar-refractivity contribution < 1.29 is 18.5 Å². The number of methoxy groups -OCH3 is 1. The summed E-state index contributed by atoms with van der Waals surface area (Å²) in [5.41, 5.74) is 3.64. The molecule has 1 heterocycles. The molecule has 0 saturated heterocycles. The highest BCUT2D eigenvalue weighted by Gasteiger charge is 2.26. The number of ether oxygens (including phenoxy) is 2. The Labute approximate surface area is 214 Å². The molecule has 0 N–H and O–H groups in total. The van der Waals surface area contributed by atoms with Gasteiger partial charge in [0, 0.05) is 29.0 Å². The van der Waals surface area contributed by atoms with Crippen LogP contribution in [0, 0.1) is 0 Å². The molecule has 3 aromatic carbocycles. The SMILES string of the molecule is COc1ccc(S(=O)Cc2c(O[C@H](CN3C=NCC3)c3ccccc3)ccc3c2CCCC3=O)cc1. The molecule has 1 aliphatic carbocycles. The van der Waals surface area contributed by atoms with E-state index in [1.165, 1.54) is 0 Å². The minimum atomic E-state index is -1.31. The van der Waals surface area contributed by atoms with Crippen molar-refractivity contribution in [2.24, 2.45) is 4.99 Å². The Morgan fingerprint density at radius 2 is 1.83 bits per heavy atom. The minimum Gasteiger partial charge on any atom is -0.497 e. The summed E-state index contributed by atoms with van der Waals surface area (Å²) in [7, 11) is 0.305. The van der Waals surface area contributed by atoms with Gasteiger partial charge in [0.1, 0.15) is 17.6 Å². The number of carbonyl (C=O) groups excluding carboxylic acids is 1. The molecule has 0 bridgehead atoms. The van der Waals surface area contributed by atoms with E-state index in [9.17, 15) is 9.00 Å². The largest absolute Gasteiger partial charge is 0.497 e. The van der Waals surface area contributed by atoms with E-state index in [0.717, 1.165) is 58.8 Å². The molecule has 1 unspecified atom stereocenters. The van der Waals surface area contributed by atoms with Gasteiger partial charge in [0.2, 0.25) is 0 Å². The Kier molecular flexibility index (Phi) is 7.47. The van der Waals surface area contributed by atoms with E-state index < -0.39 is 10.8 Å². The van der Waals surface area contributed by atoms with Crippen LogP contribution >= 0.6 is 0 Å². The van der Waals surface area contributed by atoms with Gasteiger partial charge in [-0.3, -0.25) is 14.0 Å². The van der Waals surface area contributed by atoms with Gasteiger partial charge in [0.25, 0.3) is 0 Å². The maximum atomic E-state index is 13.5. The second-order valence-corrected chi connectivity index (χ2v) is 10.5. The molecule has 0 fully saturated rings. The summed E-state index contributed by atoms with van der Waals surface area (Å²) < 4.78 is 25.4. The number of ketones is 1. The van der Waals surface area contributed by atoms with Crippen molar-refractivity contribution in [3.8, 4) is 11.5 Å². The number of nitrogens with zero attached hydrogens (tertiary/aromatic N) is 2. The first-order valence-corrected chi connectivity index (χ1v) is 13.6. The number of hydrogen-bond acceptors (Lipinski definition) is 6. The van der Waals surface area contributed by atoms with E-state index in [4.69, 9.17) is 9.47 Å². The van der Waals surface area contributed by atoms with Gasteiger partial charge in [-0.25, -0.2) is 0 Å². The zero-order valence-electron chi connectivity index (χ0n) is 20.4. The highest BCUT2D eigenvalue weighted by molar-refractivity contribution is 7.84. The number of hydrogen-bond donors (Lipinski definition) is 0. The van der Waals surface area contributed by atoms with Crippen molar-refractivity contribution in [3.63, 3.8) is 0 Å². The van der Waals surface area contributed by atoms with Crippen molar-refractivity contribution in [1.82, 2.24) is 4.90 Å². The maximum absolute atomic E-state index is 13.5. The van der Waals surface area contributed by atoms with Gasteiger partial charge < -0.3 is 14.4 Å². The Hall–Kier alpha value is -3.45. The highest BCUT2D eigenvalue weighted by Crippen LogP contribution is 2.35. The zero-order valence-corrected chi connectivity index (χ0v) is 21.2. The number of fused-ring (bicyclic) bond motifs is 1. The van der Waals surface area contributed by atoms with Crippen LogP contribution in [-0.4, -0.2) is 48.0 Å². The standard InChI is InChI=1S/C29H30N2O4S/c1-34-22-10-12-23(13-11-22)36(33)19-26-24-8-5-9-27(32)25(24)14-15-28(26)35-29(18-31-17-16-30-20-31)21-6-3-2-4-7-21/h2-4,6-7,10-15,20,29H,5,8-9,16-19H2,1H3/t29-,36?/m1/s1. The molecule has 186 valence electrons. The number of Topliss-reactive ketones (excluding diaryl/α,β-unsaturated/α-hetero) is 1. The normalized spacial score (nSPS) is 16.5. The first-order valence-electron chi connectivity index (χ1n) is 12.3. The van der Waals surface area contributed by atoms with Gasteiger partial charge in [-0.15, -0.1) is 0 Å². The minimum absolute atomic E-state index is 0.146. The van der Waals surface area contributed by atoms with Gasteiger partial charge in [-0.05, 0) is 60.4 Å². The van der Waals surface area contributed by atoms with Gasteiger partial charge in [-0.1, -0.05) is 30.3 Å². The third-order valence-corrected chi connectivity index (χ3v) is 8.07. The van der Waals surface area contributed by atoms with Crippen molar-refractivity contribution in [2.45, 2.75) is 36.0 Å². The predicted octanol–water partition coefficient (Wildman–Crippen LogP) is 4.99. The number of carbonyl (C=O) groups is 1. The highest BCUT2D eigenvalue weighted by atomic mass is 32.2. The first kappa shape index (κ1) is 24.3. The summed E-state index contributed by atoms with van der Waals surface area (Å²) in [5, 5.41) is 0. The Morgan fingerprint density at radius 1 is 1.03 bits per heavy atom. The predicted molar refractivity (Wildman–Crippen MR) is 142 cm³/mol. The van der Waals surface area contributed by atoms with E-state index in [2.05, 4.69) is 22.0 Å². The summed E-state index contributed by atoms with van der Waals surface area (Å²) in [6, 6.07) is 21.2. The van der Waals surface area contributed by atoms with Crippen LogP contribution in [0.2, 0.25) is 0 Å². The second kappa shape index (κ2) is 11.1. The third kappa shape index (κ3) is 5.36. The van der Waals surface area contributed by atoms with Crippen LogP contribution in [0.15, 0.2) is 76.6 Å². The molecule has 2 atom stereocenters. The average Bonchev–Trinajstić information content (AvgIpc) is 3.43. The fraction of sp³-hybridized carbons (Fsp3) is 0.310. The summed E-state index contributed by atoms with van der Waals surface area (Å²) in [6.07, 6.45) is 3.77. The zero-order chi connectivity index (χ0) is 24.9. The van der Waals surface area contributed by atoms with Crippen molar-refractivity contribution >= 4 is 22.9 Å². The van der Waals surface area contributed by atoms with E-state index in [1.54, 1.807) is 7.11 Å². The fourth-order valence-electron chi connectivity index (χ4n) is 4.79. The molecule has 0 amide bonds. The third-order valence-electron chi connectivity index (χ3n) is 6.72. The first-order chi connectivity index (χ1) is 17.6. The molecule has 7 heteroatoms. The monoisotopic (exact) mass is 502 g/mol. The molecule has 0 saturated carbocycles. The van der Waals surface area contributed by atoms with E-state index in [0.29, 0.717) is 18.7 Å². The maximum Gasteiger partial charge on any atom is 0.163 e. The van der Waals surface area contributed by atoms with E-state index in [1.807, 2.05) is 60.9 Å². The Morgan fingerprint density at radius 3 is 2.56 bits per heavy atom. The van der Waals surface area contributed by atoms with Crippen LogP contribution in [0.5, 0.6) is 11.5 Å². The molecule has 2 aliphatic rings. The molecule has 1 aliphatic heterocycles. The topological polar surface area (TPSA) is 68.2 Å². The molecule has 6 nitrogen and oxygen atoms in total. The lowest BCUT2D eigenvalue weighted by Crippen LogP contribution is -2.29. The summed E-state index contributed by atoms with van der Waals surface area (Å²) in [4.78, 5) is 19.9. The van der Waals surface area contributed by atoms with Crippen LogP contribution in [0.25, 0.3) is 0 Å². The molecule has 0 spiro atoms. The average molecular weight is 503 g/mol. The number of aliphatic imine (C=N–C) groups is 1. The number of rotatable bonds is 9. The number of benzene rings is 3. The second-order valence-electron chi connectivity index (χ2n) is 9.04. The summed E-state index contributed by atoms with van der Waals surface area (Å²) >= 11 is 0. The van der Waals surface area contributed by atoms with Crippen molar-refractivity contribution in [3.05, 3.63) is 89.0 Å².